The largest absolute Gasteiger partial charge is 0.497 e. The first-order chi connectivity index (χ1) is 12.5. The zero-order valence-corrected chi connectivity index (χ0v) is 15.2. The molecule has 0 saturated heterocycles. The number of ether oxygens (including phenoxy) is 1. The van der Waals surface area contributed by atoms with Crippen LogP contribution in [0.15, 0.2) is 42.5 Å². The number of nitro benzene ring substituents is 1. The minimum atomic E-state index is -0.278. The highest BCUT2D eigenvalue weighted by molar-refractivity contribution is 5.74. The van der Waals surface area contributed by atoms with E-state index >= 15 is 0 Å². The van der Waals surface area contributed by atoms with Crippen molar-refractivity contribution in [2.45, 2.75) is 32.2 Å². The molecular formula is C21H22N2O3. The molecule has 0 saturated carbocycles. The first kappa shape index (κ1) is 16.6. The molecule has 2 aromatic rings. The summed E-state index contributed by atoms with van der Waals surface area (Å²) in [6.07, 6.45) is 5.38. The summed E-state index contributed by atoms with van der Waals surface area (Å²) in [5.41, 5.74) is 5.11. The maximum atomic E-state index is 11.7. The van der Waals surface area contributed by atoms with Gasteiger partial charge in [0.2, 0.25) is 0 Å². The van der Waals surface area contributed by atoms with E-state index in [1.54, 1.807) is 13.2 Å². The number of fused-ring (bicyclic) bond motifs is 3. The van der Waals surface area contributed by atoms with Gasteiger partial charge in [-0.2, -0.15) is 0 Å². The topological polar surface area (TPSA) is 64.4 Å². The Morgan fingerprint density at radius 2 is 2.08 bits per heavy atom. The van der Waals surface area contributed by atoms with E-state index in [1.165, 1.54) is 0 Å². The Balaban J connectivity index is 1.89. The maximum absolute atomic E-state index is 11.7. The van der Waals surface area contributed by atoms with Crippen molar-refractivity contribution in [2.75, 3.05) is 12.4 Å². The number of nitro groups is 1. The number of nitrogens with zero attached hydrogens (tertiary/aromatic N) is 1. The number of rotatable bonds is 3. The van der Waals surface area contributed by atoms with Gasteiger partial charge in [0.25, 0.3) is 5.69 Å². The monoisotopic (exact) mass is 350 g/mol. The zero-order chi connectivity index (χ0) is 18.4. The van der Waals surface area contributed by atoms with E-state index in [2.05, 4.69) is 30.5 Å². The van der Waals surface area contributed by atoms with E-state index in [4.69, 9.17) is 4.74 Å². The first-order valence-corrected chi connectivity index (χ1v) is 8.87. The lowest BCUT2D eigenvalue weighted by Gasteiger charge is -2.38. The van der Waals surface area contributed by atoms with Gasteiger partial charge in [-0.3, -0.25) is 10.1 Å². The molecule has 26 heavy (non-hydrogen) atoms. The summed E-state index contributed by atoms with van der Waals surface area (Å²) in [4.78, 5) is 11.4. The van der Waals surface area contributed by atoms with Crippen LogP contribution in [0.4, 0.5) is 11.4 Å². The van der Waals surface area contributed by atoms with Crippen LogP contribution >= 0.6 is 0 Å². The highest BCUT2D eigenvalue weighted by Gasteiger charge is 2.41. The molecule has 0 aromatic heterocycles. The van der Waals surface area contributed by atoms with Gasteiger partial charge in [0, 0.05) is 12.0 Å². The van der Waals surface area contributed by atoms with E-state index in [0.717, 1.165) is 34.4 Å². The Morgan fingerprint density at radius 1 is 1.27 bits per heavy atom. The standard InChI is InChI=1S/C21H22N2O3/c1-12-10-18(23(24)25)21-19(13(12)2)16-8-5-9-17(16)20(22-21)14-6-4-7-15(11-14)26-3/h4-8,10-11,16-17,20,22H,9H2,1-3H3/t16-,17-,20-/m0/s1. The average molecular weight is 350 g/mol. The van der Waals surface area contributed by atoms with Crippen LogP contribution in [0.25, 0.3) is 0 Å². The molecule has 5 nitrogen and oxygen atoms in total. The van der Waals surface area contributed by atoms with E-state index in [9.17, 15) is 10.1 Å². The fourth-order valence-corrected chi connectivity index (χ4v) is 4.39. The number of nitrogens with one attached hydrogen (secondary N) is 1. The molecule has 134 valence electrons. The van der Waals surface area contributed by atoms with Crippen molar-refractivity contribution in [3.63, 3.8) is 0 Å². The lowest BCUT2D eigenvalue weighted by molar-refractivity contribution is -0.384. The minimum absolute atomic E-state index is 0.0124. The molecule has 2 aliphatic rings. The zero-order valence-electron chi connectivity index (χ0n) is 15.2. The molecule has 2 aromatic carbocycles. The maximum Gasteiger partial charge on any atom is 0.292 e. The van der Waals surface area contributed by atoms with Gasteiger partial charge in [0.05, 0.1) is 18.1 Å². The quantitative estimate of drug-likeness (QED) is 0.478. The Labute approximate surface area is 152 Å². The van der Waals surface area contributed by atoms with E-state index in [0.29, 0.717) is 11.6 Å². The van der Waals surface area contributed by atoms with Gasteiger partial charge in [-0.25, -0.2) is 0 Å². The molecule has 3 atom stereocenters. The van der Waals surface area contributed by atoms with Crippen molar-refractivity contribution in [2.24, 2.45) is 5.92 Å². The van der Waals surface area contributed by atoms with Crippen LogP contribution < -0.4 is 10.1 Å². The molecule has 1 aliphatic heterocycles. The molecule has 0 spiro atoms. The third-order valence-electron chi connectivity index (χ3n) is 5.80. The van der Waals surface area contributed by atoms with E-state index < -0.39 is 0 Å². The summed E-state index contributed by atoms with van der Waals surface area (Å²) in [6.45, 7) is 4.01. The molecule has 4 rings (SSSR count). The smallest absolute Gasteiger partial charge is 0.292 e. The highest BCUT2D eigenvalue weighted by Crippen LogP contribution is 2.53. The average Bonchev–Trinajstić information content (AvgIpc) is 3.13. The van der Waals surface area contributed by atoms with Crippen LogP contribution in [0.1, 0.15) is 40.6 Å². The Bertz CT molecular complexity index is 920. The second-order valence-corrected chi connectivity index (χ2v) is 7.14. The van der Waals surface area contributed by atoms with E-state index in [-0.39, 0.29) is 22.6 Å². The molecule has 0 radical (unpaired) electrons. The van der Waals surface area contributed by atoms with Gasteiger partial charge in [0.1, 0.15) is 11.4 Å². The van der Waals surface area contributed by atoms with Crippen molar-refractivity contribution in [1.82, 2.24) is 0 Å². The SMILES string of the molecule is COc1cccc([C@@H]2Nc3c([N+](=O)[O-])cc(C)c(C)c3[C@H]3C=CC[C@@H]32)c1. The normalized spacial score (nSPS) is 23.1. The predicted molar refractivity (Wildman–Crippen MR) is 102 cm³/mol. The molecule has 5 heteroatoms. The molecular weight excluding hydrogens is 328 g/mol. The molecule has 1 N–H and O–H groups in total. The van der Waals surface area contributed by atoms with Crippen molar-refractivity contribution in [3.8, 4) is 5.75 Å². The second-order valence-electron chi connectivity index (χ2n) is 7.14. The lowest BCUT2D eigenvalue weighted by atomic mass is 9.74. The third kappa shape index (κ3) is 2.46. The third-order valence-corrected chi connectivity index (χ3v) is 5.80. The number of hydrogen-bond donors (Lipinski definition) is 1. The van der Waals surface area contributed by atoms with Gasteiger partial charge in [-0.1, -0.05) is 24.3 Å². The summed E-state index contributed by atoms with van der Waals surface area (Å²) >= 11 is 0. The number of benzene rings is 2. The molecule has 1 heterocycles. The van der Waals surface area contributed by atoms with Gasteiger partial charge in [0.15, 0.2) is 0 Å². The van der Waals surface area contributed by atoms with E-state index in [1.807, 2.05) is 25.1 Å². The Hall–Kier alpha value is -2.82. The fourth-order valence-electron chi connectivity index (χ4n) is 4.39. The molecule has 1 aliphatic carbocycles. The number of anilines is 1. The number of hydrogen-bond acceptors (Lipinski definition) is 4. The van der Waals surface area contributed by atoms with Crippen molar-refractivity contribution in [1.29, 1.82) is 0 Å². The van der Waals surface area contributed by atoms with Crippen LogP contribution in [0, 0.1) is 29.9 Å². The Morgan fingerprint density at radius 3 is 2.81 bits per heavy atom. The number of allylic oxidation sites excluding steroid dienone is 2. The summed E-state index contributed by atoms with van der Waals surface area (Å²) < 4.78 is 5.37. The van der Waals surface area contributed by atoms with Gasteiger partial charge < -0.3 is 10.1 Å². The summed E-state index contributed by atoms with van der Waals surface area (Å²) in [5, 5.41) is 15.2. The van der Waals surface area contributed by atoms with Crippen LogP contribution in [-0.2, 0) is 0 Å². The minimum Gasteiger partial charge on any atom is -0.497 e. The lowest BCUT2D eigenvalue weighted by Crippen LogP contribution is -2.30. The molecule has 0 unspecified atom stereocenters. The Kier molecular flexibility index (Phi) is 3.94. The van der Waals surface area contributed by atoms with Gasteiger partial charge in [-0.15, -0.1) is 0 Å². The van der Waals surface area contributed by atoms with Crippen molar-refractivity contribution >= 4 is 11.4 Å². The van der Waals surface area contributed by atoms with Crippen LogP contribution in [0.3, 0.4) is 0 Å². The van der Waals surface area contributed by atoms with Crippen LogP contribution in [0.5, 0.6) is 5.75 Å². The summed E-state index contributed by atoms with van der Waals surface area (Å²) in [5.74, 6) is 1.34. The summed E-state index contributed by atoms with van der Waals surface area (Å²) in [7, 11) is 1.65. The van der Waals surface area contributed by atoms with Gasteiger partial charge in [-0.05, 0) is 60.6 Å². The summed E-state index contributed by atoms with van der Waals surface area (Å²) in [6, 6.07) is 9.66. The predicted octanol–water partition coefficient (Wildman–Crippen LogP) is 5.05. The number of aryl methyl sites for hydroxylation is 1. The second kappa shape index (κ2) is 6.16. The molecule has 0 fully saturated rings. The van der Waals surface area contributed by atoms with Crippen LogP contribution in [-0.4, -0.2) is 12.0 Å². The van der Waals surface area contributed by atoms with Crippen LogP contribution in [0.2, 0.25) is 0 Å². The highest BCUT2D eigenvalue weighted by atomic mass is 16.6. The molecule has 0 amide bonds. The fraction of sp³-hybridized carbons (Fsp3) is 0.333. The van der Waals surface area contributed by atoms with Gasteiger partial charge >= 0.3 is 0 Å². The number of methoxy groups -OCH3 is 1. The van der Waals surface area contributed by atoms with Crippen molar-refractivity contribution in [3.05, 3.63) is 74.9 Å². The molecule has 0 bridgehead atoms. The van der Waals surface area contributed by atoms with Crippen molar-refractivity contribution < 1.29 is 9.66 Å². The first-order valence-electron chi connectivity index (χ1n) is 8.87.